The van der Waals surface area contributed by atoms with Crippen LogP contribution in [0.1, 0.15) is 5.56 Å². The Morgan fingerprint density at radius 1 is 1.10 bits per heavy atom. The highest BCUT2D eigenvalue weighted by molar-refractivity contribution is 5.69. The van der Waals surface area contributed by atoms with E-state index in [-0.39, 0.29) is 5.75 Å². The van der Waals surface area contributed by atoms with Gasteiger partial charge < -0.3 is 20.1 Å². The largest absolute Gasteiger partial charge is 0.497 e. The summed E-state index contributed by atoms with van der Waals surface area (Å²) >= 11 is 0. The van der Waals surface area contributed by atoms with Gasteiger partial charge in [-0.1, -0.05) is 12.1 Å². The molecule has 0 aromatic heterocycles. The second-order valence-electron chi connectivity index (χ2n) is 4.75. The summed E-state index contributed by atoms with van der Waals surface area (Å²) in [6.45, 7) is 0.642. The molecule has 0 saturated heterocycles. The van der Waals surface area contributed by atoms with E-state index in [0.29, 0.717) is 12.2 Å². The number of hydrogen-bond acceptors (Lipinski definition) is 4. The lowest BCUT2D eigenvalue weighted by Crippen LogP contribution is -2.18. The lowest BCUT2D eigenvalue weighted by molar-refractivity contribution is 0.387. The Bertz CT molecular complexity index is 614. The van der Waals surface area contributed by atoms with Crippen LogP contribution in [0.3, 0.4) is 0 Å². The standard InChI is InChI=1S/C16H19FN2O2/c1-19(10-11-4-6-12(20-2)7-5-11)15-9-16(21-3)13(17)8-14(15)18/h4-9H,10,18H2,1-3H3. The highest BCUT2D eigenvalue weighted by Gasteiger charge is 2.12. The van der Waals surface area contributed by atoms with E-state index in [1.54, 1.807) is 13.2 Å². The van der Waals surface area contributed by atoms with Crippen LogP contribution in [0.5, 0.6) is 11.5 Å². The molecule has 0 aliphatic heterocycles. The molecule has 0 amide bonds. The van der Waals surface area contributed by atoms with Crippen molar-refractivity contribution >= 4 is 11.4 Å². The van der Waals surface area contributed by atoms with Gasteiger partial charge in [0, 0.05) is 25.7 Å². The van der Waals surface area contributed by atoms with Crippen molar-refractivity contribution in [1.29, 1.82) is 0 Å². The van der Waals surface area contributed by atoms with Gasteiger partial charge in [0.25, 0.3) is 0 Å². The normalized spacial score (nSPS) is 10.3. The first kappa shape index (κ1) is 15.0. The van der Waals surface area contributed by atoms with E-state index < -0.39 is 5.82 Å². The molecule has 5 heteroatoms. The van der Waals surface area contributed by atoms with E-state index in [2.05, 4.69) is 0 Å². The molecule has 112 valence electrons. The van der Waals surface area contributed by atoms with Crippen LogP contribution >= 0.6 is 0 Å². The Balaban J connectivity index is 2.21. The number of benzene rings is 2. The number of rotatable bonds is 5. The van der Waals surface area contributed by atoms with E-state index in [1.165, 1.54) is 13.2 Å². The maximum atomic E-state index is 13.6. The van der Waals surface area contributed by atoms with Crippen molar-refractivity contribution in [3.63, 3.8) is 0 Å². The molecule has 0 bridgehead atoms. The summed E-state index contributed by atoms with van der Waals surface area (Å²) in [4.78, 5) is 1.94. The molecule has 4 nitrogen and oxygen atoms in total. The first-order valence-electron chi connectivity index (χ1n) is 6.52. The predicted molar refractivity (Wildman–Crippen MR) is 82.5 cm³/mol. The third kappa shape index (κ3) is 3.37. The van der Waals surface area contributed by atoms with Crippen LogP contribution in [0.4, 0.5) is 15.8 Å². The van der Waals surface area contributed by atoms with E-state index in [4.69, 9.17) is 15.2 Å². The van der Waals surface area contributed by atoms with Crippen LogP contribution in [-0.4, -0.2) is 21.3 Å². The molecule has 2 rings (SSSR count). The number of hydrogen-bond donors (Lipinski definition) is 1. The summed E-state index contributed by atoms with van der Waals surface area (Å²) in [6, 6.07) is 10.6. The zero-order valence-electron chi connectivity index (χ0n) is 12.4. The smallest absolute Gasteiger partial charge is 0.167 e. The maximum absolute atomic E-state index is 13.6. The fourth-order valence-electron chi connectivity index (χ4n) is 2.14. The number of methoxy groups -OCH3 is 2. The summed E-state index contributed by atoms with van der Waals surface area (Å²) in [6.07, 6.45) is 0. The molecule has 0 unspecified atom stereocenters. The summed E-state index contributed by atoms with van der Waals surface area (Å²) in [5.74, 6) is 0.529. The zero-order valence-corrected chi connectivity index (χ0v) is 12.4. The van der Waals surface area contributed by atoms with Gasteiger partial charge in [-0.15, -0.1) is 0 Å². The average molecular weight is 290 g/mol. The summed E-state index contributed by atoms with van der Waals surface area (Å²) in [5.41, 5.74) is 8.09. The molecule has 0 spiro atoms. The monoisotopic (exact) mass is 290 g/mol. The highest BCUT2D eigenvalue weighted by atomic mass is 19.1. The molecule has 0 atom stereocenters. The zero-order chi connectivity index (χ0) is 15.4. The average Bonchev–Trinajstić information content (AvgIpc) is 2.48. The molecule has 0 aliphatic rings. The Kier molecular flexibility index (Phi) is 4.52. The van der Waals surface area contributed by atoms with Crippen molar-refractivity contribution in [2.75, 3.05) is 31.9 Å². The highest BCUT2D eigenvalue weighted by Crippen LogP contribution is 2.31. The molecule has 2 aromatic carbocycles. The van der Waals surface area contributed by atoms with E-state index >= 15 is 0 Å². The Labute approximate surface area is 123 Å². The molecular formula is C16H19FN2O2. The minimum atomic E-state index is -0.461. The molecule has 0 fully saturated rings. The van der Waals surface area contributed by atoms with Crippen LogP contribution < -0.4 is 20.1 Å². The van der Waals surface area contributed by atoms with E-state index in [0.717, 1.165) is 17.0 Å². The van der Waals surface area contributed by atoms with Gasteiger partial charge in [-0.25, -0.2) is 4.39 Å². The third-order valence-electron chi connectivity index (χ3n) is 3.29. The lowest BCUT2D eigenvalue weighted by Gasteiger charge is -2.22. The van der Waals surface area contributed by atoms with Crippen molar-refractivity contribution in [3.05, 3.63) is 47.8 Å². The first-order chi connectivity index (χ1) is 10.0. The number of nitrogens with zero attached hydrogens (tertiary/aromatic N) is 1. The fourth-order valence-corrected chi connectivity index (χ4v) is 2.14. The molecule has 0 saturated carbocycles. The van der Waals surface area contributed by atoms with Gasteiger partial charge in [-0.05, 0) is 17.7 Å². The molecule has 0 heterocycles. The van der Waals surface area contributed by atoms with Gasteiger partial charge in [0.15, 0.2) is 11.6 Å². The molecule has 21 heavy (non-hydrogen) atoms. The van der Waals surface area contributed by atoms with Crippen molar-refractivity contribution in [1.82, 2.24) is 0 Å². The lowest BCUT2D eigenvalue weighted by atomic mass is 10.1. The summed E-state index contributed by atoms with van der Waals surface area (Å²) in [7, 11) is 4.96. The maximum Gasteiger partial charge on any atom is 0.167 e. The molecule has 2 aromatic rings. The molecule has 2 N–H and O–H groups in total. The fraction of sp³-hybridized carbons (Fsp3) is 0.250. The molecular weight excluding hydrogens is 271 g/mol. The minimum Gasteiger partial charge on any atom is -0.497 e. The SMILES string of the molecule is COc1ccc(CN(C)c2cc(OC)c(F)cc2N)cc1. The Hall–Kier alpha value is -2.43. The molecule has 0 radical (unpaired) electrons. The number of halogens is 1. The van der Waals surface area contributed by atoms with E-state index in [1.807, 2.05) is 36.2 Å². The quantitative estimate of drug-likeness (QED) is 0.860. The number of anilines is 2. The van der Waals surface area contributed by atoms with Crippen LogP contribution in [0.25, 0.3) is 0 Å². The van der Waals surface area contributed by atoms with Crippen molar-refractivity contribution in [2.24, 2.45) is 0 Å². The van der Waals surface area contributed by atoms with Gasteiger partial charge in [0.05, 0.1) is 25.6 Å². The van der Waals surface area contributed by atoms with E-state index in [9.17, 15) is 4.39 Å². The summed E-state index contributed by atoms with van der Waals surface area (Å²) < 4.78 is 23.7. The third-order valence-corrected chi connectivity index (χ3v) is 3.29. The van der Waals surface area contributed by atoms with Gasteiger partial charge in [0.1, 0.15) is 5.75 Å². The van der Waals surface area contributed by atoms with Crippen LogP contribution in [0.2, 0.25) is 0 Å². The predicted octanol–water partition coefficient (Wildman–Crippen LogP) is 3.06. The van der Waals surface area contributed by atoms with Crippen molar-refractivity contribution < 1.29 is 13.9 Å². The Morgan fingerprint density at radius 3 is 2.33 bits per heavy atom. The summed E-state index contributed by atoms with van der Waals surface area (Å²) in [5, 5.41) is 0. The van der Waals surface area contributed by atoms with Crippen molar-refractivity contribution in [2.45, 2.75) is 6.54 Å². The topological polar surface area (TPSA) is 47.7 Å². The second-order valence-corrected chi connectivity index (χ2v) is 4.75. The number of nitrogen functional groups attached to an aromatic ring is 1. The van der Waals surface area contributed by atoms with Gasteiger partial charge >= 0.3 is 0 Å². The van der Waals surface area contributed by atoms with Crippen LogP contribution in [0.15, 0.2) is 36.4 Å². The van der Waals surface area contributed by atoms with Crippen LogP contribution in [0, 0.1) is 5.82 Å². The number of ether oxygens (including phenoxy) is 2. The number of nitrogens with two attached hydrogens (primary N) is 1. The second kappa shape index (κ2) is 6.35. The van der Waals surface area contributed by atoms with Crippen LogP contribution in [-0.2, 0) is 6.54 Å². The van der Waals surface area contributed by atoms with Gasteiger partial charge in [-0.3, -0.25) is 0 Å². The first-order valence-corrected chi connectivity index (χ1v) is 6.52. The van der Waals surface area contributed by atoms with Crippen molar-refractivity contribution in [3.8, 4) is 11.5 Å². The minimum absolute atomic E-state index is 0.181. The van der Waals surface area contributed by atoms with Gasteiger partial charge in [0.2, 0.25) is 0 Å². The Morgan fingerprint density at radius 2 is 1.76 bits per heavy atom. The molecule has 0 aliphatic carbocycles. The van der Waals surface area contributed by atoms with Gasteiger partial charge in [-0.2, -0.15) is 0 Å².